The van der Waals surface area contributed by atoms with Crippen LogP contribution in [-0.2, 0) is 0 Å². The van der Waals surface area contributed by atoms with Crippen LogP contribution in [-0.4, -0.2) is 5.91 Å². The number of carbonyl (C=O) groups excluding carboxylic acids is 1. The van der Waals surface area contributed by atoms with Crippen molar-refractivity contribution in [1.29, 1.82) is 0 Å². The number of amides is 1. The molecule has 1 fully saturated rings. The third-order valence-corrected chi connectivity index (χ3v) is 3.27. The zero-order valence-electron chi connectivity index (χ0n) is 8.91. The highest BCUT2D eigenvalue weighted by Gasteiger charge is 2.15. The van der Waals surface area contributed by atoms with Crippen LogP contribution in [0.4, 0.5) is 0 Å². The minimum absolute atomic E-state index is 0.342. The average Bonchev–Trinajstić information content (AvgIpc) is 2.30. The van der Waals surface area contributed by atoms with E-state index in [1.54, 1.807) is 0 Å². The van der Waals surface area contributed by atoms with Crippen molar-refractivity contribution in [3.63, 3.8) is 0 Å². The van der Waals surface area contributed by atoms with Gasteiger partial charge >= 0.3 is 0 Å². The van der Waals surface area contributed by atoms with Crippen LogP contribution < -0.4 is 5.73 Å². The predicted molar refractivity (Wildman–Crippen MR) is 60.8 cm³/mol. The summed E-state index contributed by atoms with van der Waals surface area (Å²) in [6, 6.07) is 7.78. The Hall–Kier alpha value is -1.31. The van der Waals surface area contributed by atoms with Crippen LogP contribution in [0.3, 0.4) is 0 Å². The normalized spacial score (nSPS) is 17.6. The van der Waals surface area contributed by atoms with Crippen LogP contribution in [0.15, 0.2) is 24.3 Å². The molecule has 1 saturated carbocycles. The molecule has 2 N–H and O–H groups in total. The molecule has 2 heteroatoms. The van der Waals surface area contributed by atoms with Gasteiger partial charge in [-0.25, -0.2) is 0 Å². The first-order valence-electron chi connectivity index (χ1n) is 5.67. The predicted octanol–water partition coefficient (Wildman–Crippen LogP) is 2.83. The van der Waals surface area contributed by atoms with Crippen molar-refractivity contribution in [3.05, 3.63) is 35.4 Å². The first-order valence-corrected chi connectivity index (χ1v) is 5.67. The molecule has 1 aromatic rings. The van der Waals surface area contributed by atoms with Crippen LogP contribution in [0, 0.1) is 0 Å². The van der Waals surface area contributed by atoms with Crippen LogP contribution in [0.1, 0.15) is 53.9 Å². The van der Waals surface area contributed by atoms with Crippen molar-refractivity contribution in [3.8, 4) is 0 Å². The Balaban J connectivity index is 2.11. The molecule has 2 nitrogen and oxygen atoms in total. The molecule has 0 aromatic heterocycles. The van der Waals surface area contributed by atoms with E-state index in [1.807, 2.05) is 12.1 Å². The molecule has 0 aliphatic heterocycles. The lowest BCUT2D eigenvalue weighted by molar-refractivity contribution is 0.100. The van der Waals surface area contributed by atoms with Crippen LogP contribution in [0.5, 0.6) is 0 Å². The molecule has 0 atom stereocenters. The fourth-order valence-electron chi connectivity index (χ4n) is 2.36. The lowest BCUT2D eigenvalue weighted by Crippen LogP contribution is -2.11. The van der Waals surface area contributed by atoms with Gasteiger partial charge in [0.05, 0.1) is 0 Å². The molecular weight excluding hydrogens is 186 g/mol. The summed E-state index contributed by atoms with van der Waals surface area (Å²) in [6.45, 7) is 0. The highest BCUT2D eigenvalue weighted by atomic mass is 16.1. The third kappa shape index (κ3) is 2.38. The molecule has 0 bridgehead atoms. The van der Waals surface area contributed by atoms with Crippen molar-refractivity contribution < 1.29 is 4.79 Å². The third-order valence-electron chi connectivity index (χ3n) is 3.27. The number of hydrogen-bond acceptors (Lipinski definition) is 1. The number of primary amides is 1. The molecule has 1 amide bonds. The number of hydrogen-bond donors (Lipinski definition) is 1. The van der Waals surface area contributed by atoms with Gasteiger partial charge in [-0.1, -0.05) is 31.4 Å². The topological polar surface area (TPSA) is 43.1 Å². The maximum absolute atomic E-state index is 10.9. The van der Waals surface area contributed by atoms with E-state index in [4.69, 9.17) is 5.73 Å². The highest BCUT2D eigenvalue weighted by Crippen LogP contribution is 2.32. The Labute approximate surface area is 90.5 Å². The number of rotatable bonds is 2. The molecule has 0 radical (unpaired) electrons. The average molecular weight is 203 g/mol. The molecule has 0 unspecified atom stereocenters. The molecule has 0 saturated heterocycles. The van der Waals surface area contributed by atoms with E-state index >= 15 is 0 Å². The molecule has 2 rings (SSSR count). The Morgan fingerprint density at radius 3 is 2.20 bits per heavy atom. The molecule has 0 heterocycles. The van der Waals surface area contributed by atoms with Gasteiger partial charge in [-0.2, -0.15) is 0 Å². The van der Waals surface area contributed by atoms with Crippen molar-refractivity contribution in [2.45, 2.75) is 38.0 Å². The fourth-order valence-corrected chi connectivity index (χ4v) is 2.36. The molecule has 1 aliphatic carbocycles. The molecule has 1 aromatic carbocycles. The maximum atomic E-state index is 10.9. The SMILES string of the molecule is NC(=O)c1ccc(C2CCCCC2)cc1. The molecular formula is C13H17NO. The van der Waals surface area contributed by atoms with Gasteiger partial charge in [-0.05, 0) is 36.5 Å². The van der Waals surface area contributed by atoms with Crippen LogP contribution >= 0.6 is 0 Å². The Morgan fingerprint density at radius 2 is 1.67 bits per heavy atom. The van der Waals surface area contributed by atoms with Gasteiger partial charge in [0, 0.05) is 5.56 Å². The van der Waals surface area contributed by atoms with Crippen molar-refractivity contribution in [1.82, 2.24) is 0 Å². The summed E-state index contributed by atoms with van der Waals surface area (Å²) >= 11 is 0. The van der Waals surface area contributed by atoms with Crippen LogP contribution in [0.25, 0.3) is 0 Å². The van der Waals surface area contributed by atoms with Gasteiger partial charge in [-0.15, -0.1) is 0 Å². The summed E-state index contributed by atoms with van der Waals surface area (Å²) in [5, 5.41) is 0. The van der Waals surface area contributed by atoms with E-state index in [9.17, 15) is 4.79 Å². The van der Waals surface area contributed by atoms with Crippen molar-refractivity contribution in [2.24, 2.45) is 5.73 Å². The van der Waals surface area contributed by atoms with Crippen LogP contribution in [0.2, 0.25) is 0 Å². The van der Waals surface area contributed by atoms with Gasteiger partial charge in [0.25, 0.3) is 0 Å². The van der Waals surface area contributed by atoms with E-state index in [1.165, 1.54) is 37.7 Å². The Bertz CT molecular complexity index is 336. The first-order chi connectivity index (χ1) is 7.27. The smallest absolute Gasteiger partial charge is 0.248 e. The zero-order valence-corrected chi connectivity index (χ0v) is 8.91. The fraction of sp³-hybridized carbons (Fsp3) is 0.462. The Morgan fingerprint density at radius 1 is 1.07 bits per heavy atom. The largest absolute Gasteiger partial charge is 0.366 e. The molecule has 15 heavy (non-hydrogen) atoms. The van der Waals surface area contributed by atoms with E-state index < -0.39 is 0 Å². The second-order valence-electron chi connectivity index (χ2n) is 4.32. The van der Waals surface area contributed by atoms with Crippen molar-refractivity contribution in [2.75, 3.05) is 0 Å². The molecule has 80 valence electrons. The number of benzene rings is 1. The summed E-state index contributed by atoms with van der Waals surface area (Å²) < 4.78 is 0. The summed E-state index contributed by atoms with van der Waals surface area (Å²) in [7, 11) is 0. The zero-order chi connectivity index (χ0) is 10.7. The second-order valence-corrected chi connectivity index (χ2v) is 4.32. The minimum Gasteiger partial charge on any atom is -0.366 e. The number of carbonyl (C=O) groups is 1. The van der Waals surface area contributed by atoms with E-state index in [0.29, 0.717) is 11.5 Å². The lowest BCUT2D eigenvalue weighted by Gasteiger charge is -2.21. The number of nitrogens with two attached hydrogens (primary N) is 1. The monoisotopic (exact) mass is 203 g/mol. The quantitative estimate of drug-likeness (QED) is 0.789. The van der Waals surface area contributed by atoms with Gasteiger partial charge in [0.1, 0.15) is 0 Å². The first kappa shape index (κ1) is 10.2. The summed E-state index contributed by atoms with van der Waals surface area (Å²) in [5.41, 5.74) is 7.17. The molecule has 1 aliphatic rings. The van der Waals surface area contributed by atoms with Gasteiger partial charge in [-0.3, -0.25) is 4.79 Å². The van der Waals surface area contributed by atoms with Gasteiger partial charge < -0.3 is 5.73 Å². The minimum atomic E-state index is -0.342. The maximum Gasteiger partial charge on any atom is 0.248 e. The van der Waals surface area contributed by atoms with Gasteiger partial charge in [0.2, 0.25) is 5.91 Å². The second kappa shape index (κ2) is 4.47. The molecule has 0 spiro atoms. The highest BCUT2D eigenvalue weighted by molar-refractivity contribution is 5.92. The van der Waals surface area contributed by atoms with E-state index in [0.717, 1.165) is 0 Å². The van der Waals surface area contributed by atoms with E-state index in [2.05, 4.69) is 12.1 Å². The Kier molecular flexibility index (Phi) is 3.05. The summed E-state index contributed by atoms with van der Waals surface area (Å²) in [6.07, 6.45) is 6.62. The van der Waals surface area contributed by atoms with Crippen molar-refractivity contribution >= 4 is 5.91 Å². The van der Waals surface area contributed by atoms with E-state index in [-0.39, 0.29) is 5.91 Å². The summed E-state index contributed by atoms with van der Waals surface area (Å²) in [4.78, 5) is 10.9. The standard InChI is InChI=1S/C13H17NO/c14-13(15)12-8-6-11(7-9-12)10-4-2-1-3-5-10/h6-10H,1-5H2,(H2,14,15). The summed E-state index contributed by atoms with van der Waals surface area (Å²) in [5.74, 6) is 0.353. The lowest BCUT2D eigenvalue weighted by atomic mass is 9.84. The van der Waals surface area contributed by atoms with Gasteiger partial charge in [0.15, 0.2) is 0 Å².